The number of furan rings is 1. The summed E-state index contributed by atoms with van der Waals surface area (Å²) in [5, 5.41) is 2.14. The van der Waals surface area contributed by atoms with Gasteiger partial charge >= 0.3 is 0 Å². The summed E-state index contributed by atoms with van der Waals surface area (Å²) in [5.41, 5.74) is 19.4. The summed E-state index contributed by atoms with van der Waals surface area (Å²) >= 11 is 0. The number of anilines is 9. The molecule has 0 radical (unpaired) electrons. The number of benzene rings is 10. The molecule has 0 spiro atoms. The number of hydrogen-bond acceptors (Lipinski definition) is 4. The van der Waals surface area contributed by atoms with Gasteiger partial charge in [-0.1, -0.05) is 202 Å². The van der Waals surface area contributed by atoms with Crippen molar-refractivity contribution in [2.24, 2.45) is 0 Å². The Morgan fingerprint density at radius 1 is 0.416 bits per heavy atom. The Balaban J connectivity index is 1.11. The Morgan fingerprint density at radius 3 is 1.62 bits per heavy atom. The molecule has 0 aliphatic carbocycles. The first-order valence-corrected chi connectivity index (χ1v) is 26.9. The summed E-state index contributed by atoms with van der Waals surface area (Å²) in [7, 11) is 0. The Hall–Kier alpha value is -8.54. The molecule has 5 heteroatoms. The average molecular weight is 1000 g/mol. The van der Waals surface area contributed by atoms with Crippen LogP contribution < -0.4 is 31.1 Å². The Kier molecular flexibility index (Phi) is 10.0. The number of hydrogen-bond donors (Lipinski definition) is 0. The molecule has 10 aromatic carbocycles. The van der Waals surface area contributed by atoms with E-state index in [1.165, 1.54) is 11.1 Å². The maximum atomic E-state index is 9.59. The van der Waals surface area contributed by atoms with Crippen LogP contribution in [0.5, 0.6) is 0 Å². The van der Waals surface area contributed by atoms with Gasteiger partial charge in [-0.05, 0) is 151 Å². The van der Waals surface area contributed by atoms with Crippen LogP contribution in [-0.2, 0) is 16.2 Å². The predicted molar refractivity (Wildman–Crippen MR) is 329 cm³/mol. The van der Waals surface area contributed by atoms with Crippen LogP contribution in [0.3, 0.4) is 0 Å². The van der Waals surface area contributed by atoms with Crippen molar-refractivity contribution in [1.82, 2.24) is 0 Å². The fourth-order valence-electron chi connectivity index (χ4n) is 11.7. The summed E-state index contributed by atoms with van der Waals surface area (Å²) in [6.07, 6.45) is 0. The summed E-state index contributed by atoms with van der Waals surface area (Å²) in [4.78, 5) is 6.71. The van der Waals surface area contributed by atoms with Crippen molar-refractivity contribution in [1.29, 1.82) is 0 Å². The van der Waals surface area contributed by atoms with Gasteiger partial charge in [0.2, 0.25) is 0 Å². The van der Waals surface area contributed by atoms with Gasteiger partial charge in [0, 0.05) is 67.5 Å². The molecular weight excluding hydrogens is 934 g/mol. The van der Waals surface area contributed by atoms with Gasteiger partial charge in [0.1, 0.15) is 11.2 Å². The normalized spacial score (nSPS) is 14.1. The molecular formula is C72H64BN3O. The lowest BCUT2D eigenvalue weighted by molar-refractivity contribution is 0.590. The highest BCUT2D eigenvalue weighted by Gasteiger charge is 2.44. The highest BCUT2D eigenvalue weighted by molar-refractivity contribution is 7.00. The Labute approximate surface area is 462 Å². The quantitative estimate of drug-likeness (QED) is 0.148. The molecule has 0 N–H and O–H groups in total. The van der Waals surface area contributed by atoms with Gasteiger partial charge < -0.3 is 19.1 Å². The standard InChI is InChI=1S/C72H64BN3O/c1-70(2,3)50-30-36-54(37-31-50)74(55-38-32-51(33-39-55)71(4,5)6)57-40-41-61-64(46-57)76(56-34-27-48(28-35-56)58-24-18-25-60-59-23-16-17-26-67(59)77-69(58)60)66-45-52(72(7,8)9)44-65-68(66)73(61)62-43-49(47-19-12-10-13-20-47)29-42-63(62)75(65)53-21-14-11-15-22-53/h10-46H,1-9H3/i11D,14D,15D,21D,22D. The fourth-order valence-corrected chi connectivity index (χ4v) is 11.7. The predicted octanol–water partition coefficient (Wildman–Crippen LogP) is 18.4. The van der Waals surface area contributed by atoms with Crippen LogP contribution in [0.1, 0.15) is 85.9 Å². The molecule has 0 atom stereocenters. The van der Waals surface area contributed by atoms with Crippen molar-refractivity contribution in [3.8, 4) is 22.3 Å². The largest absolute Gasteiger partial charge is 0.455 e. The lowest BCUT2D eigenvalue weighted by atomic mass is 9.33. The van der Waals surface area contributed by atoms with Crippen molar-refractivity contribution in [2.75, 3.05) is 14.7 Å². The molecule has 4 nitrogen and oxygen atoms in total. The SMILES string of the molecule is [2H]c1c([2H])c([2H])c(N2c3ccc(-c4ccccc4)cc3B3c4ccc(N(c5ccc(C(C)(C)C)cc5)c5ccc(C(C)(C)C)cc5)cc4N(c4ccc(-c5cccc6c5oc5ccccc56)cc4)c4cc(C(C)(C)C)cc2c43)c([2H])c1[2H]. The van der Waals surface area contributed by atoms with E-state index in [2.05, 4.69) is 230 Å². The molecule has 77 heavy (non-hydrogen) atoms. The van der Waals surface area contributed by atoms with Gasteiger partial charge in [-0.25, -0.2) is 0 Å². The van der Waals surface area contributed by atoms with E-state index in [0.717, 1.165) is 112 Å². The minimum absolute atomic E-state index is 0.0366. The van der Waals surface area contributed by atoms with E-state index in [-0.39, 0.29) is 52.8 Å². The van der Waals surface area contributed by atoms with Crippen LogP contribution in [0.4, 0.5) is 51.2 Å². The molecule has 0 unspecified atom stereocenters. The Morgan fingerprint density at radius 2 is 0.987 bits per heavy atom. The summed E-state index contributed by atoms with van der Waals surface area (Å²) < 4.78 is 52.6. The van der Waals surface area contributed by atoms with E-state index in [1.807, 2.05) is 41.3 Å². The van der Waals surface area contributed by atoms with Crippen LogP contribution in [0, 0.1) is 0 Å². The van der Waals surface area contributed by atoms with Gasteiger partial charge in [0.05, 0.1) is 6.85 Å². The smallest absolute Gasteiger partial charge is 0.252 e. The summed E-state index contributed by atoms with van der Waals surface area (Å²) in [5.74, 6) is 0. The molecule has 2 aliphatic heterocycles. The number of nitrogens with zero attached hydrogens (tertiary/aromatic N) is 3. The maximum absolute atomic E-state index is 9.59. The first kappa shape index (κ1) is 42.7. The molecule has 2 aliphatic rings. The first-order valence-electron chi connectivity index (χ1n) is 29.4. The highest BCUT2D eigenvalue weighted by Crippen LogP contribution is 2.49. The van der Waals surface area contributed by atoms with Gasteiger partial charge in [-0.2, -0.15) is 0 Å². The molecule has 0 fully saturated rings. The van der Waals surface area contributed by atoms with E-state index in [9.17, 15) is 2.74 Å². The second-order valence-corrected chi connectivity index (χ2v) is 23.9. The van der Waals surface area contributed by atoms with Gasteiger partial charge in [0.25, 0.3) is 6.71 Å². The molecule has 376 valence electrons. The maximum Gasteiger partial charge on any atom is 0.252 e. The van der Waals surface area contributed by atoms with Crippen LogP contribution in [0.2, 0.25) is 0 Å². The number of para-hydroxylation sites is 3. The molecule has 0 saturated carbocycles. The molecule has 0 saturated heterocycles. The molecule has 13 rings (SSSR count). The van der Waals surface area contributed by atoms with Crippen molar-refractivity contribution in [2.45, 2.75) is 78.6 Å². The van der Waals surface area contributed by atoms with Gasteiger partial charge in [0.15, 0.2) is 0 Å². The zero-order chi connectivity index (χ0) is 57.3. The van der Waals surface area contributed by atoms with E-state index in [4.69, 9.17) is 8.53 Å². The number of fused-ring (bicyclic) bond motifs is 7. The average Bonchev–Trinajstić information content (AvgIpc) is 0.906. The van der Waals surface area contributed by atoms with Crippen molar-refractivity contribution in [3.63, 3.8) is 0 Å². The monoisotopic (exact) mass is 1000 g/mol. The number of rotatable bonds is 7. The van der Waals surface area contributed by atoms with Gasteiger partial charge in [-0.3, -0.25) is 0 Å². The van der Waals surface area contributed by atoms with Gasteiger partial charge in [-0.15, -0.1) is 0 Å². The van der Waals surface area contributed by atoms with Crippen molar-refractivity contribution < 1.29 is 11.3 Å². The van der Waals surface area contributed by atoms with E-state index < -0.39 is 6.04 Å². The second-order valence-electron chi connectivity index (χ2n) is 23.9. The lowest BCUT2D eigenvalue weighted by Gasteiger charge is -2.45. The van der Waals surface area contributed by atoms with Crippen LogP contribution in [-0.4, -0.2) is 6.71 Å². The molecule has 3 heterocycles. The van der Waals surface area contributed by atoms with Crippen molar-refractivity contribution >= 4 is 96.2 Å². The topological polar surface area (TPSA) is 22.9 Å². The van der Waals surface area contributed by atoms with E-state index >= 15 is 0 Å². The zero-order valence-corrected chi connectivity index (χ0v) is 45.3. The Bertz CT molecular complexity index is 4260. The van der Waals surface area contributed by atoms with E-state index in [1.54, 1.807) is 0 Å². The lowest BCUT2D eigenvalue weighted by Crippen LogP contribution is -2.61. The third-order valence-electron chi connectivity index (χ3n) is 15.8. The second kappa shape index (κ2) is 18.1. The van der Waals surface area contributed by atoms with Crippen LogP contribution >= 0.6 is 0 Å². The molecule has 11 aromatic rings. The third-order valence-corrected chi connectivity index (χ3v) is 15.8. The minimum atomic E-state index is -0.431. The van der Waals surface area contributed by atoms with Crippen LogP contribution in [0.25, 0.3) is 44.2 Å². The zero-order valence-electron chi connectivity index (χ0n) is 50.3. The molecule has 0 amide bonds. The third kappa shape index (κ3) is 8.32. The van der Waals surface area contributed by atoms with E-state index in [0.29, 0.717) is 0 Å². The summed E-state index contributed by atoms with van der Waals surface area (Å²) in [6, 6.07) is 67.7. The van der Waals surface area contributed by atoms with Crippen LogP contribution in [0.15, 0.2) is 229 Å². The fraction of sp³-hybridized carbons (Fsp3) is 0.167. The molecule has 1 aromatic heterocycles. The summed E-state index contributed by atoms with van der Waals surface area (Å²) in [6.45, 7) is 19.8. The first-order chi connectivity index (χ1) is 39.2. The van der Waals surface area contributed by atoms with Crippen molar-refractivity contribution in [3.05, 3.63) is 241 Å². The molecule has 0 bridgehead atoms. The minimum Gasteiger partial charge on any atom is -0.455 e. The highest BCUT2D eigenvalue weighted by atomic mass is 16.3.